The Bertz CT molecular complexity index is 1220. The van der Waals surface area contributed by atoms with Gasteiger partial charge in [-0.15, -0.1) is 0 Å². The van der Waals surface area contributed by atoms with Crippen molar-refractivity contribution in [3.63, 3.8) is 0 Å². The number of halogens is 2. The highest BCUT2D eigenvalue weighted by Gasteiger charge is 2.27. The van der Waals surface area contributed by atoms with E-state index in [0.29, 0.717) is 34.6 Å². The molecule has 3 aromatic rings. The zero-order chi connectivity index (χ0) is 22.9. The zero-order valence-corrected chi connectivity index (χ0v) is 18.2. The van der Waals surface area contributed by atoms with Crippen molar-refractivity contribution < 1.29 is 23.0 Å². The molecular formula is C24H25F2N3O4. The topological polar surface area (TPSA) is 65.0 Å². The van der Waals surface area contributed by atoms with E-state index in [1.807, 2.05) is 18.2 Å². The van der Waals surface area contributed by atoms with E-state index < -0.39 is 6.61 Å². The number of ether oxygens (including phenoxy) is 3. The highest BCUT2D eigenvalue weighted by Crippen LogP contribution is 2.38. The molecule has 174 valence electrons. The second-order valence-corrected chi connectivity index (χ2v) is 8.25. The maximum atomic E-state index is 13.3. The van der Waals surface area contributed by atoms with Crippen molar-refractivity contribution in [2.45, 2.75) is 32.0 Å². The van der Waals surface area contributed by atoms with E-state index in [0.717, 1.165) is 31.5 Å². The smallest absolute Gasteiger partial charge is 0.387 e. The van der Waals surface area contributed by atoms with Gasteiger partial charge in [0.15, 0.2) is 11.5 Å². The standard InChI is InChI=1S/C24H25F2N3O4/c1-28-17-3-2-4-20(33-24(25)26)23(17)18(12-22(28)30)29(16-7-9-27-10-8-16)13-15-5-6-19-21(11-15)32-14-31-19/h2-6,11-12,16,24,27H,7-10,13-14H2,1H3. The Morgan fingerprint density at radius 1 is 1.15 bits per heavy atom. The summed E-state index contributed by atoms with van der Waals surface area (Å²) < 4.78 is 43.8. The number of nitrogens with one attached hydrogen (secondary N) is 1. The van der Waals surface area contributed by atoms with Gasteiger partial charge in [-0.25, -0.2) is 0 Å². The van der Waals surface area contributed by atoms with Crippen LogP contribution in [0, 0.1) is 0 Å². The Labute approximate surface area is 189 Å². The molecular weight excluding hydrogens is 432 g/mol. The fourth-order valence-corrected chi connectivity index (χ4v) is 4.65. The number of aromatic nitrogens is 1. The largest absolute Gasteiger partial charge is 0.454 e. The summed E-state index contributed by atoms with van der Waals surface area (Å²) in [5, 5.41) is 3.86. The van der Waals surface area contributed by atoms with Gasteiger partial charge in [-0.1, -0.05) is 12.1 Å². The number of alkyl halides is 2. The lowest BCUT2D eigenvalue weighted by atomic mass is 10.0. The predicted octanol–water partition coefficient (Wildman–Crippen LogP) is 3.63. The Balaban J connectivity index is 1.66. The molecule has 1 fully saturated rings. The van der Waals surface area contributed by atoms with Crippen LogP contribution in [0.4, 0.5) is 14.5 Å². The van der Waals surface area contributed by atoms with Crippen LogP contribution in [-0.4, -0.2) is 37.1 Å². The maximum absolute atomic E-state index is 13.3. The first-order valence-corrected chi connectivity index (χ1v) is 10.9. The summed E-state index contributed by atoms with van der Waals surface area (Å²) in [6.45, 7) is -0.629. The van der Waals surface area contributed by atoms with Crippen LogP contribution in [0.3, 0.4) is 0 Å². The minimum absolute atomic E-state index is 0.0534. The molecule has 5 rings (SSSR count). The summed E-state index contributed by atoms with van der Waals surface area (Å²) >= 11 is 0. The van der Waals surface area contributed by atoms with Gasteiger partial charge in [-0.3, -0.25) is 4.79 Å². The van der Waals surface area contributed by atoms with Gasteiger partial charge in [0.2, 0.25) is 6.79 Å². The van der Waals surface area contributed by atoms with Crippen LogP contribution < -0.4 is 30.0 Å². The van der Waals surface area contributed by atoms with Gasteiger partial charge >= 0.3 is 6.61 Å². The third-order valence-electron chi connectivity index (χ3n) is 6.28. The van der Waals surface area contributed by atoms with E-state index in [1.165, 1.54) is 16.7 Å². The van der Waals surface area contributed by atoms with Crippen LogP contribution in [-0.2, 0) is 13.6 Å². The number of benzene rings is 2. The van der Waals surface area contributed by atoms with Gasteiger partial charge in [-0.2, -0.15) is 8.78 Å². The van der Waals surface area contributed by atoms with Crippen LogP contribution in [0.15, 0.2) is 47.3 Å². The summed E-state index contributed by atoms with van der Waals surface area (Å²) in [5.74, 6) is 1.42. The van der Waals surface area contributed by atoms with E-state index in [9.17, 15) is 13.6 Å². The zero-order valence-electron chi connectivity index (χ0n) is 18.2. The van der Waals surface area contributed by atoms with Crippen molar-refractivity contribution in [1.29, 1.82) is 0 Å². The van der Waals surface area contributed by atoms with Crippen molar-refractivity contribution in [2.24, 2.45) is 7.05 Å². The Morgan fingerprint density at radius 2 is 1.94 bits per heavy atom. The van der Waals surface area contributed by atoms with Crippen LogP contribution in [0.2, 0.25) is 0 Å². The predicted molar refractivity (Wildman–Crippen MR) is 120 cm³/mol. The molecule has 0 radical (unpaired) electrons. The van der Waals surface area contributed by atoms with E-state index in [4.69, 9.17) is 14.2 Å². The minimum atomic E-state index is -2.97. The highest BCUT2D eigenvalue weighted by molar-refractivity contribution is 5.97. The minimum Gasteiger partial charge on any atom is -0.454 e. The van der Waals surface area contributed by atoms with Crippen molar-refractivity contribution in [1.82, 2.24) is 9.88 Å². The monoisotopic (exact) mass is 457 g/mol. The molecule has 0 unspecified atom stereocenters. The van der Waals surface area contributed by atoms with Crippen LogP contribution in [0.25, 0.3) is 10.9 Å². The molecule has 0 spiro atoms. The second kappa shape index (κ2) is 8.90. The summed E-state index contributed by atoms with van der Waals surface area (Å²) in [6, 6.07) is 12.3. The lowest BCUT2D eigenvalue weighted by Gasteiger charge is -2.37. The van der Waals surface area contributed by atoms with Gasteiger partial charge in [-0.05, 0) is 55.8 Å². The lowest BCUT2D eigenvalue weighted by Crippen LogP contribution is -2.43. The van der Waals surface area contributed by atoms with E-state index >= 15 is 0 Å². The quantitative estimate of drug-likeness (QED) is 0.610. The number of fused-ring (bicyclic) bond motifs is 2. The van der Waals surface area contributed by atoms with Gasteiger partial charge in [0.05, 0.1) is 16.6 Å². The lowest BCUT2D eigenvalue weighted by molar-refractivity contribution is -0.0487. The molecule has 1 N–H and O–H groups in total. The number of aryl methyl sites for hydroxylation is 1. The molecule has 2 aliphatic heterocycles. The third-order valence-corrected chi connectivity index (χ3v) is 6.28. The molecule has 2 aliphatic rings. The first-order chi connectivity index (χ1) is 16.0. The van der Waals surface area contributed by atoms with Gasteiger partial charge in [0, 0.05) is 25.7 Å². The van der Waals surface area contributed by atoms with Gasteiger partial charge < -0.3 is 29.0 Å². The first kappa shape index (κ1) is 21.5. The first-order valence-electron chi connectivity index (χ1n) is 10.9. The summed E-state index contributed by atoms with van der Waals surface area (Å²) in [4.78, 5) is 15.0. The molecule has 1 saturated heterocycles. The maximum Gasteiger partial charge on any atom is 0.387 e. The normalized spacial score (nSPS) is 15.9. The Kier molecular flexibility index (Phi) is 5.80. The third kappa shape index (κ3) is 4.20. The number of piperidine rings is 1. The number of hydrogen-bond donors (Lipinski definition) is 1. The molecule has 0 bridgehead atoms. The second-order valence-electron chi connectivity index (χ2n) is 8.25. The SMILES string of the molecule is Cn1c(=O)cc(N(Cc2ccc3c(c2)OCO3)C2CCNCC2)c2c(OC(F)F)cccc21. The summed E-state index contributed by atoms with van der Waals surface area (Å²) in [5.41, 5.74) is 1.89. The molecule has 2 aromatic carbocycles. The molecule has 0 amide bonds. The summed E-state index contributed by atoms with van der Waals surface area (Å²) in [7, 11) is 1.63. The van der Waals surface area contributed by atoms with Crippen molar-refractivity contribution in [3.05, 3.63) is 58.4 Å². The summed E-state index contributed by atoms with van der Waals surface area (Å²) in [6.07, 6.45) is 1.72. The average molecular weight is 457 g/mol. The van der Waals surface area contributed by atoms with Crippen LogP contribution in [0.1, 0.15) is 18.4 Å². The van der Waals surface area contributed by atoms with Crippen molar-refractivity contribution >= 4 is 16.6 Å². The number of rotatable bonds is 6. The molecule has 0 saturated carbocycles. The van der Waals surface area contributed by atoms with Gasteiger partial charge in [0.25, 0.3) is 5.56 Å². The highest BCUT2D eigenvalue weighted by atomic mass is 19.3. The van der Waals surface area contributed by atoms with E-state index in [1.54, 1.807) is 19.2 Å². The number of nitrogens with zero attached hydrogens (tertiary/aromatic N) is 2. The molecule has 33 heavy (non-hydrogen) atoms. The molecule has 0 aliphatic carbocycles. The number of hydrogen-bond acceptors (Lipinski definition) is 6. The van der Waals surface area contributed by atoms with Crippen molar-refractivity contribution in [3.8, 4) is 17.2 Å². The molecule has 9 heteroatoms. The fourth-order valence-electron chi connectivity index (χ4n) is 4.65. The number of anilines is 1. The Morgan fingerprint density at radius 3 is 2.73 bits per heavy atom. The molecule has 7 nitrogen and oxygen atoms in total. The van der Waals surface area contributed by atoms with Crippen LogP contribution in [0.5, 0.6) is 17.2 Å². The Hall–Kier alpha value is -3.33. The van der Waals surface area contributed by atoms with Crippen LogP contribution >= 0.6 is 0 Å². The van der Waals surface area contributed by atoms with E-state index in [2.05, 4.69) is 10.2 Å². The van der Waals surface area contributed by atoms with E-state index in [-0.39, 0.29) is 24.1 Å². The van der Waals surface area contributed by atoms with Crippen molar-refractivity contribution in [2.75, 3.05) is 24.8 Å². The average Bonchev–Trinajstić information content (AvgIpc) is 3.28. The van der Waals surface area contributed by atoms with Gasteiger partial charge in [0.1, 0.15) is 5.75 Å². The fraction of sp³-hybridized carbons (Fsp3) is 0.375. The number of pyridine rings is 1. The molecule has 1 aromatic heterocycles. The molecule has 3 heterocycles. The molecule has 0 atom stereocenters.